The molecule has 1 aromatic carbocycles. The van der Waals surface area contributed by atoms with Crippen molar-refractivity contribution in [1.82, 2.24) is 9.80 Å². The minimum Gasteiger partial charge on any atom is -0.339 e. The van der Waals surface area contributed by atoms with Gasteiger partial charge < -0.3 is 9.80 Å². The van der Waals surface area contributed by atoms with Crippen LogP contribution in [0.25, 0.3) is 0 Å². The van der Waals surface area contributed by atoms with Gasteiger partial charge in [0, 0.05) is 30.6 Å². The molecule has 2 amide bonds. The molecule has 3 heterocycles. The summed E-state index contributed by atoms with van der Waals surface area (Å²) in [6, 6.07) is 14.0. The molecular formula is C21H24N2O2S. The lowest BCUT2D eigenvalue weighted by molar-refractivity contribution is -0.131. The van der Waals surface area contributed by atoms with Gasteiger partial charge in [0.1, 0.15) is 0 Å². The number of benzene rings is 1. The Morgan fingerprint density at radius 3 is 2.42 bits per heavy atom. The molecule has 0 unspecified atom stereocenters. The van der Waals surface area contributed by atoms with Gasteiger partial charge in [-0.05, 0) is 43.9 Å². The minimum atomic E-state index is -0.111. The maximum Gasteiger partial charge on any atom is 0.263 e. The van der Waals surface area contributed by atoms with E-state index < -0.39 is 0 Å². The van der Waals surface area contributed by atoms with Crippen LogP contribution < -0.4 is 0 Å². The number of thiophene rings is 1. The third-order valence-electron chi connectivity index (χ3n) is 6.06. The number of hydrogen-bond acceptors (Lipinski definition) is 3. The van der Waals surface area contributed by atoms with Crippen molar-refractivity contribution in [2.45, 2.75) is 37.6 Å². The molecule has 26 heavy (non-hydrogen) atoms. The van der Waals surface area contributed by atoms with Crippen molar-refractivity contribution < 1.29 is 9.59 Å². The largest absolute Gasteiger partial charge is 0.339 e. The molecule has 0 N–H and O–H groups in total. The van der Waals surface area contributed by atoms with E-state index in [2.05, 4.69) is 0 Å². The average Bonchev–Trinajstić information content (AvgIpc) is 3.20. The van der Waals surface area contributed by atoms with Crippen LogP contribution in [0.1, 0.15) is 45.3 Å². The summed E-state index contributed by atoms with van der Waals surface area (Å²) in [5, 5.41) is 0. The lowest BCUT2D eigenvalue weighted by Gasteiger charge is -2.43. The maximum atomic E-state index is 12.9. The Labute approximate surface area is 158 Å². The van der Waals surface area contributed by atoms with E-state index in [4.69, 9.17) is 0 Å². The van der Waals surface area contributed by atoms with Gasteiger partial charge in [0.05, 0.1) is 10.8 Å². The summed E-state index contributed by atoms with van der Waals surface area (Å²) in [7, 11) is 1.94. The number of rotatable bonds is 2. The molecule has 1 atom stereocenters. The van der Waals surface area contributed by atoms with Gasteiger partial charge in [0.2, 0.25) is 5.91 Å². The van der Waals surface area contributed by atoms with Gasteiger partial charge in [-0.2, -0.15) is 0 Å². The predicted molar refractivity (Wildman–Crippen MR) is 103 cm³/mol. The molecule has 2 fully saturated rings. The number of hydrogen-bond donors (Lipinski definition) is 0. The molecule has 136 valence electrons. The number of likely N-dealkylation sites (tertiary alicyclic amines) is 2. The summed E-state index contributed by atoms with van der Waals surface area (Å²) >= 11 is 1.56. The van der Waals surface area contributed by atoms with E-state index in [1.807, 2.05) is 66.2 Å². The van der Waals surface area contributed by atoms with Gasteiger partial charge in [0.15, 0.2) is 0 Å². The molecule has 4 rings (SSSR count). The quantitative estimate of drug-likeness (QED) is 0.811. The van der Waals surface area contributed by atoms with E-state index >= 15 is 0 Å². The lowest BCUT2D eigenvalue weighted by atomic mass is 9.81. The summed E-state index contributed by atoms with van der Waals surface area (Å²) in [6.45, 7) is 3.46. The first-order chi connectivity index (χ1) is 12.5. The highest BCUT2D eigenvalue weighted by molar-refractivity contribution is 7.13. The Morgan fingerprint density at radius 2 is 1.81 bits per heavy atom. The molecule has 2 aliphatic heterocycles. The SMILES string of the molecule is Cc1ccc(C(=O)N2CCC3(CC2)C[C@@H](c2ccccc2)C(=O)N3C)s1. The highest BCUT2D eigenvalue weighted by Crippen LogP contribution is 2.45. The molecule has 2 saturated heterocycles. The molecule has 2 aromatic rings. The fourth-order valence-corrected chi connectivity index (χ4v) is 5.22. The molecule has 0 aliphatic carbocycles. The third kappa shape index (κ3) is 2.84. The molecule has 4 nitrogen and oxygen atoms in total. The van der Waals surface area contributed by atoms with Gasteiger partial charge in [-0.3, -0.25) is 9.59 Å². The van der Waals surface area contributed by atoms with Crippen molar-refractivity contribution in [3.05, 3.63) is 57.8 Å². The zero-order chi connectivity index (χ0) is 18.3. The van der Waals surface area contributed by atoms with Crippen molar-refractivity contribution in [2.24, 2.45) is 0 Å². The van der Waals surface area contributed by atoms with Gasteiger partial charge in [0.25, 0.3) is 5.91 Å². The van der Waals surface area contributed by atoms with Crippen LogP contribution in [0, 0.1) is 6.92 Å². The fourth-order valence-electron chi connectivity index (χ4n) is 4.39. The Hall–Kier alpha value is -2.14. The number of amides is 2. The summed E-state index contributed by atoms with van der Waals surface area (Å²) in [5.41, 5.74) is 0.994. The molecular weight excluding hydrogens is 344 g/mol. The molecule has 1 spiro atoms. The molecule has 5 heteroatoms. The van der Waals surface area contributed by atoms with Crippen LogP contribution in [0.2, 0.25) is 0 Å². The Bertz CT molecular complexity index is 822. The number of likely N-dealkylation sites (N-methyl/N-ethyl adjacent to an activating group) is 1. The van der Waals surface area contributed by atoms with Crippen molar-refractivity contribution in [3.63, 3.8) is 0 Å². The van der Waals surface area contributed by atoms with E-state index in [1.165, 1.54) is 0 Å². The second kappa shape index (κ2) is 6.54. The average molecular weight is 369 g/mol. The second-order valence-corrected chi connectivity index (χ2v) is 8.78. The number of nitrogens with zero attached hydrogens (tertiary/aromatic N) is 2. The summed E-state index contributed by atoms with van der Waals surface area (Å²) in [6.07, 6.45) is 2.57. The van der Waals surface area contributed by atoms with Gasteiger partial charge in [-0.1, -0.05) is 30.3 Å². The highest BCUT2D eigenvalue weighted by Gasteiger charge is 2.50. The van der Waals surface area contributed by atoms with Gasteiger partial charge >= 0.3 is 0 Å². The van der Waals surface area contributed by atoms with E-state index in [1.54, 1.807) is 11.3 Å². The van der Waals surface area contributed by atoms with Crippen molar-refractivity contribution in [1.29, 1.82) is 0 Å². The van der Waals surface area contributed by atoms with Crippen molar-refractivity contribution in [2.75, 3.05) is 20.1 Å². The maximum absolute atomic E-state index is 12.9. The van der Waals surface area contributed by atoms with Crippen LogP contribution >= 0.6 is 11.3 Å². The van der Waals surface area contributed by atoms with Crippen molar-refractivity contribution >= 4 is 23.2 Å². The summed E-state index contributed by atoms with van der Waals surface area (Å²) in [4.78, 5) is 31.5. The second-order valence-electron chi connectivity index (χ2n) is 7.49. The van der Waals surface area contributed by atoms with Crippen molar-refractivity contribution in [3.8, 4) is 0 Å². The summed E-state index contributed by atoms with van der Waals surface area (Å²) in [5.74, 6) is 0.290. The first-order valence-corrected chi connectivity index (χ1v) is 10.0. The van der Waals surface area contributed by atoms with E-state index in [-0.39, 0.29) is 23.3 Å². The predicted octanol–water partition coefficient (Wildman–Crippen LogP) is 3.68. The zero-order valence-corrected chi connectivity index (χ0v) is 16.1. The molecule has 0 bridgehead atoms. The van der Waals surface area contributed by atoms with E-state index in [0.29, 0.717) is 0 Å². The smallest absolute Gasteiger partial charge is 0.263 e. The molecule has 1 aromatic heterocycles. The lowest BCUT2D eigenvalue weighted by Crippen LogP contribution is -2.52. The van der Waals surface area contributed by atoms with E-state index in [0.717, 1.165) is 47.7 Å². The normalized spacial score (nSPS) is 22.2. The number of aryl methyl sites for hydroxylation is 1. The van der Waals surface area contributed by atoms with Crippen LogP contribution in [-0.2, 0) is 4.79 Å². The van der Waals surface area contributed by atoms with Crippen LogP contribution in [0.4, 0.5) is 0 Å². The Kier molecular flexibility index (Phi) is 4.35. The minimum absolute atomic E-state index is 0.0524. The monoisotopic (exact) mass is 368 g/mol. The molecule has 2 aliphatic rings. The Balaban J connectivity index is 1.48. The van der Waals surface area contributed by atoms with Crippen LogP contribution in [-0.4, -0.2) is 47.3 Å². The molecule has 0 saturated carbocycles. The van der Waals surface area contributed by atoms with Crippen LogP contribution in [0.5, 0.6) is 0 Å². The van der Waals surface area contributed by atoms with Crippen LogP contribution in [0.3, 0.4) is 0 Å². The number of piperidine rings is 1. The first kappa shape index (κ1) is 17.3. The van der Waals surface area contributed by atoms with Gasteiger partial charge in [-0.15, -0.1) is 11.3 Å². The Morgan fingerprint density at radius 1 is 1.12 bits per heavy atom. The molecule has 0 radical (unpaired) electrons. The highest BCUT2D eigenvalue weighted by atomic mass is 32.1. The first-order valence-electron chi connectivity index (χ1n) is 9.18. The standard InChI is InChI=1S/C21H24N2O2S/c1-15-8-9-18(26-15)20(25)23-12-10-21(11-13-23)14-17(19(24)22(21)2)16-6-4-3-5-7-16/h3-9,17H,10-14H2,1-2H3/t17-/m0/s1. The van der Waals surface area contributed by atoms with Gasteiger partial charge in [-0.25, -0.2) is 0 Å². The third-order valence-corrected chi connectivity index (χ3v) is 7.05. The number of carbonyl (C=O) groups excluding carboxylic acids is 2. The topological polar surface area (TPSA) is 40.6 Å². The van der Waals surface area contributed by atoms with Crippen LogP contribution in [0.15, 0.2) is 42.5 Å². The number of carbonyl (C=O) groups is 2. The summed E-state index contributed by atoms with van der Waals surface area (Å²) < 4.78 is 0. The zero-order valence-electron chi connectivity index (χ0n) is 15.3. The fraction of sp³-hybridized carbons (Fsp3) is 0.429. The van der Waals surface area contributed by atoms with E-state index in [9.17, 15) is 9.59 Å².